The molecule has 0 aromatic carbocycles. The van der Waals surface area contributed by atoms with Gasteiger partial charge in [-0.3, -0.25) is 4.58 Å². The quantitative estimate of drug-likeness (QED) is 0.0348. The summed E-state index contributed by atoms with van der Waals surface area (Å²) < 4.78 is 115. The fourth-order valence-electron chi connectivity index (χ4n) is 5.26. The van der Waals surface area contributed by atoms with Gasteiger partial charge in [0.1, 0.15) is 9.76 Å². The maximum absolute atomic E-state index is 6.23. The summed E-state index contributed by atoms with van der Waals surface area (Å²) in [6.45, 7) is 38.3. The van der Waals surface area contributed by atoms with Crippen LogP contribution in [0.1, 0.15) is 0 Å². The standard InChI is InChI=1S/C19H78O19Si19/c1-39-20-21-41(3)23-43(5)25-45(7)27-47(9)29-49(11)31-51(13)33-53(15)35-55(17)37-57(19)38-56(18)36-54(16)34-52(14)32-50(12)30-48(10)28-46(8)26-44(6)24-42(4)22-40-2/h41-57H,39-40H2,1-19H3. The van der Waals surface area contributed by atoms with Gasteiger partial charge in [-0.2, -0.15) is 0 Å². The lowest BCUT2D eigenvalue weighted by Gasteiger charge is -2.28. The van der Waals surface area contributed by atoms with Gasteiger partial charge in [0.2, 0.25) is 9.76 Å². The summed E-state index contributed by atoms with van der Waals surface area (Å²) in [7, 11) is -33.2. The Morgan fingerprint density at radius 2 is 0.368 bits per heavy atom. The van der Waals surface area contributed by atoms with Crippen molar-refractivity contribution in [2.45, 2.75) is 124 Å². The van der Waals surface area contributed by atoms with Gasteiger partial charge in [0.05, 0.1) is 0 Å². The van der Waals surface area contributed by atoms with E-state index in [1.54, 1.807) is 0 Å². The van der Waals surface area contributed by atoms with Crippen molar-refractivity contribution in [1.82, 2.24) is 0 Å². The van der Waals surface area contributed by atoms with E-state index >= 15 is 0 Å². The zero-order valence-corrected chi connectivity index (χ0v) is 60.4. The van der Waals surface area contributed by atoms with Gasteiger partial charge in [0.25, 0.3) is 149 Å². The Morgan fingerprint density at radius 3 is 0.526 bits per heavy atom. The molecule has 0 heterocycles. The molecular weight excluding hydrogens is 1070 g/mol. The lowest BCUT2D eigenvalue weighted by atomic mass is 11.9. The van der Waals surface area contributed by atoms with Crippen molar-refractivity contribution in [3.63, 3.8) is 0 Å². The number of hydrogen-bond donors (Lipinski definition) is 0. The highest BCUT2D eigenvalue weighted by molar-refractivity contribution is 6.74. The summed E-state index contributed by atoms with van der Waals surface area (Å²) in [5.41, 5.74) is 0. The molecule has 0 bridgehead atoms. The maximum Gasteiger partial charge on any atom is 0.346 e. The van der Waals surface area contributed by atoms with Crippen molar-refractivity contribution in [3.05, 3.63) is 0 Å². The van der Waals surface area contributed by atoms with Crippen molar-refractivity contribution < 1.29 is 79.1 Å². The molecule has 19 nitrogen and oxygen atoms in total. The predicted octanol–water partition coefficient (Wildman–Crippen LogP) is -3.06. The highest BCUT2D eigenvalue weighted by Gasteiger charge is 2.28. The minimum atomic E-state index is -1.97. The van der Waals surface area contributed by atoms with Crippen LogP contribution in [0.5, 0.6) is 0 Å². The second-order valence-corrected chi connectivity index (χ2v) is 52.4. The van der Waals surface area contributed by atoms with Crippen LogP contribution < -0.4 is 0 Å². The molecule has 17 unspecified atom stereocenters. The molecule has 0 radical (unpaired) electrons. The second kappa shape index (κ2) is 35.6. The molecule has 0 saturated carbocycles. The molecule has 0 N–H and O–H groups in total. The lowest BCUT2D eigenvalue weighted by Crippen LogP contribution is -2.43. The van der Waals surface area contributed by atoms with E-state index in [4.69, 9.17) is 79.1 Å². The Hall–Kier alpha value is 3.36. The molecule has 0 aliphatic rings. The van der Waals surface area contributed by atoms with Crippen LogP contribution in [0.25, 0.3) is 0 Å². The van der Waals surface area contributed by atoms with E-state index in [2.05, 4.69) is 13.1 Å². The lowest BCUT2D eigenvalue weighted by molar-refractivity contribution is -0.117. The van der Waals surface area contributed by atoms with E-state index < -0.39 is 177 Å². The van der Waals surface area contributed by atoms with Crippen LogP contribution in [0.15, 0.2) is 0 Å². The average Bonchev–Trinajstić information content (AvgIpc) is 3.02. The summed E-state index contributed by atoms with van der Waals surface area (Å²) in [5, 5.41) is 0. The molecule has 0 rings (SSSR count). The van der Waals surface area contributed by atoms with Gasteiger partial charge in [0, 0.05) is 0 Å². The first-order valence-electron chi connectivity index (χ1n) is 20.0. The first-order valence-corrected chi connectivity index (χ1v) is 59.6. The fraction of sp³-hybridized carbons (Fsp3) is 1.00. The van der Waals surface area contributed by atoms with Gasteiger partial charge in [-0.1, -0.05) is 6.55 Å². The second-order valence-electron chi connectivity index (χ2n) is 12.8. The minimum Gasteiger partial charge on any atom is -0.444 e. The molecule has 0 saturated heterocycles. The van der Waals surface area contributed by atoms with Crippen LogP contribution in [0.2, 0.25) is 124 Å². The molecule has 344 valence electrons. The summed E-state index contributed by atoms with van der Waals surface area (Å²) in [5.74, 6) is 0. The first-order chi connectivity index (χ1) is 26.6. The van der Waals surface area contributed by atoms with Crippen molar-refractivity contribution in [2.24, 2.45) is 0 Å². The molecule has 0 fully saturated rings. The van der Waals surface area contributed by atoms with Crippen molar-refractivity contribution in [3.8, 4) is 0 Å². The molecule has 0 spiro atoms. The molecule has 0 amide bonds. The van der Waals surface area contributed by atoms with E-state index in [0.717, 1.165) is 0 Å². The largest absolute Gasteiger partial charge is 0.444 e. The third-order valence-corrected chi connectivity index (χ3v) is 60.2. The van der Waals surface area contributed by atoms with Crippen LogP contribution in [-0.4, -0.2) is 177 Å². The number of rotatable bonds is 37. The molecule has 0 aromatic heterocycles. The summed E-state index contributed by atoms with van der Waals surface area (Å²) in [6.07, 6.45) is 0. The van der Waals surface area contributed by atoms with Gasteiger partial charge in [-0.05, 0) is 118 Å². The Labute approximate surface area is 378 Å². The molecule has 38 heteroatoms. The molecule has 57 heavy (non-hydrogen) atoms. The van der Waals surface area contributed by atoms with E-state index in [1.807, 2.05) is 111 Å². The highest BCUT2D eigenvalue weighted by Crippen LogP contribution is 2.09. The van der Waals surface area contributed by atoms with Crippen molar-refractivity contribution in [1.29, 1.82) is 0 Å². The molecule has 0 aliphatic carbocycles. The first kappa shape index (κ1) is 60.4. The maximum atomic E-state index is 6.23. The Bertz CT molecular complexity index is 979. The third kappa shape index (κ3) is 35.3. The van der Waals surface area contributed by atoms with Gasteiger partial charge < -0.3 is 74.5 Å². The van der Waals surface area contributed by atoms with Gasteiger partial charge in [-0.15, -0.1) is 0 Å². The van der Waals surface area contributed by atoms with Crippen LogP contribution in [0.4, 0.5) is 0 Å². The smallest absolute Gasteiger partial charge is 0.346 e. The van der Waals surface area contributed by atoms with Gasteiger partial charge >= 0.3 is 9.28 Å². The SMILES string of the molecule is C[SiH2]OO[SiH](C)O[SiH](C)O[SiH](C)O[SiH](C)O[SiH](C)O[SiH](C)O[SiH](C)O[SiH](C)O[SiH](C)O[SiH](C)O[SiH](C)O[SiH](C)O[SiH](C)O[SiH](C)O[SiH](C)O[SiH](C)O[SiH](C)O[SiH2]C. The summed E-state index contributed by atoms with van der Waals surface area (Å²) in [4.78, 5) is 0. The van der Waals surface area contributed by atoms with Crippen LogP contribution in [-0.2, 0) is 79.1 Å². The fourth-order valence-corrected chi connectivity index (χ4v) is 56.7. The monoisotopic (exact) mass is 1140 g/mol. The predicted molar refractivity (Wildman–Crippen MR) is 271 cm³/mol. The topological polar surface area (TPSA) is 175 Å². The molecule has 17 atom stereocenters. The summed E-state index contributed by atoms with van der Waals surface area (Å²) in [6, 6.07) is 0. The van der Waals surface area contributed by atoms with E-state index in [0.29, 0.717) is 0 Å². The molecule has 0 aromatic rings. The van der Waals surface area contributed by atoms with E-state index in [9.17, 15) is 0 Å². The molecule has 0 aliphatic heterocycles. The van der Waals surface area contributed by atoms with E-state index in [-0.39, 0.29) is 0 Å². The zero-order chi connectivity index (χ0) is 43.7. The van der Waals surface area contributed by atoms with Crippen LogP contribution >= 0.6 is 0 Å². The minimum absolute atomic E-state index is 0.458. The average molecular weight is 1140 g/mol. The Kier molecular flexibility index (Phi) is 37.7. The van der Waals surface area contributed by atoms with Crippen molar-refractivity contribution in [2.75, 3.05) is 0 Å². The van der Waals surface area contributed by atoms with E-state index in [1.165, 1.54) is 0 Å². The zero-order valence-electron chi connectivity index (χ0n) is 38.0. The molecular formula is C19H78O19Si19. The normalized spacial score (nSPS) is 21.9. The van der Waals surface area contributed by atoms with Gasteiger partial charge in [0.15, 0.2) is 0 Å². The third-order valence-electron chi connectivity index (χ3n) is 6.86. The van der Waals surface area contributed by atoms with Crippen LogP contribution in [0, 0.1) is 0 Å². The Balaban J connectivity index is 4.39. The number of hydrogen-bond acceptors (Lipinski definition) is 19. The van der Waals surface area contributed by atoms with Crippen molar-refractivity contribution >= 4 is 177 Å². The van der Waals surface area contributed by atoms with Gasteiger partial charge in [-0.25, -0.2) is 0 Å². The highest BCUT2D eigenvalue weighted by atomic mass is 28.5. The summed E-state index contributed by atoms with van der Waals surface area (Å²) >= 11 is 0. The Morgan fingerprint density at radius 1 is 0.211 bits per heavy atom. The van der Waals surface area contributed by atoms with Crippen LogP contribution in [0.3, 0.4) is 0 Å².